The van der Waals surface area contributed by atoms with E-state index in [1.807, 2.05) is 68.4 Å². The molecule has 1 aliphatic heterocycles. The second-order valence-electron chi connectivity index (χ2n) is 8.78. The van der Waals surface area contributed by atoms with E-state index in [0.29, 0.717) is 25.3 Å². The predicted molar refractivity (Wildman–Crippen MR) is 135 cm³/mol. The maximum atomic E-state index is 12.9. The Morgan fingerprint density at radius 2 is 1.49 bits per heavy atom. The first kappa shape index (κ1) is 24.6. The van der Waals surface area contributed by atoms with E-state index in [-0.39, 0.29) is 22.6 Å². The van der Waals surface area contributed by atoms with Crippen LogP contribution in [0.1, 0.15) is 36.1 Å². The first-order valence-corrected chi connectivity index (χ1v) is 13.0. The van der Waals surface area contributed by atoms with Gasteiger partial charge in [-0.05, 0) is 34.7 Å². The van der Waals surface area contributed by atoms with E-state index in [9.17, 15) is 13.2 Å². The Labute approximate surface area is 206 Å². The monoisotopic (exact) mass is 491 g/mol. The van der Waals surface area contributed by atoms with Gasteiger partial charge in [-0.15, -0.1) is 0 Å². The van der Waals surface area contributed by atoms with Crippen LogP contribution in [0.25, 0.3) is 0 Å². The van der Waals surface area contributed by atoms with Crippen LogP contribution in [0.15, 0.2) is 88.8 Å². The van der Waals surface area contributed by atoms with Gasteiger partial charge in [-0.25, -0.2) is 8.42 Å². The lowest BCUT2D eigenvalue weighted by molar-refractivity contribution is -0.123. The Balaban J connectivity index is 1.35. The summed E-state index contributed by atoms with van der Waals surface area (Å²) in [5, 5.41) is 2.93. The molecule has 0 spiro atoms. The molecule has 0 unspecified atom stereocenters. The number of amidine groups is 1. The standard InChI is InChI=1S/C27H29N3O4S/c1-19(2)25(29-26-23-10-6-7-11-24(23)35(32,33)30-26)27(31)28-16-20-12-14-22(15-13-20)18-34-17-21-8-4-3-5-9-21/h3-15,19,25H,16-18H2,1-2H3,(H,28,31)(H,29,30)/t25-/m0/s1. The molecule has 1 aliphatic rings. The molecule has 182 valence electrons. The Bertz CT molecular complexity index is 1300. The molecule has 0 radical (unpaired) electrons. The molecule has 1 atom stereocenters. The first-order chi connectivity index (χ1) is 16.8. The number of nitrogens with zero attached hydrogens (tertiary/aromatic N) is 1. The molecular formula is C27H29N3O4S. The number of ether oxygens (including phenoxy) is 1. The zero-order valence-electron chi connectivity index (χ0n) is 19.8. The van der Waals surface area contributed by atoms with Gasteiger partial charge in [0.1, 0.15) is 11.9 Å². The van der Waals surface area contributed by atoms with Crippen molar-refractivity contribution >= 4 is 21.8 Å². The second kappa shape index (κ2) is 10.8. The van der Waals surface area contributed by atoms with Crippen molar-refractivity contribution in [3.05, 3.63) is 101 Å². The SMILES string of the molecule is CC(C)[C@H](N=C1NS(=O)(=O)c2ccccc21)C(=O)NCc1ccc(COCc2ccccc2)cc1. The van der Waals surface area contributed by atoms with E-state index in [2.05, 4.69) is 15.0 Å². The summed E-state index contributed by atoms with van der Waals surface area (Å²) in [6, 6.07) is 23.8. The number of amides is 1. The fourth-order valence-electron chi connectivity index (χ4n) is 3.79. The number of carbonyl (C=O) groups excluding carboxylic acids is 1. The van der Waals surface area contributed by atoms with Gasteiger partial charge < -0.3 is 10.1 Å². The lowest BCUT2D eigenvalue weighted by Gasteiger charge is -2.17. The third-order valence-corrected chi connectivity index (χ3v) is 7.10. The van der Waals surface area contributed by atoms with Gasteiger partial charge in [-0.3, -0.25) is 14.5 Å². The Kier molecular flexibility index (Phi) is 7.63. The van der Waals surface area contributed by atoms with Crippen molar-refractivity contribution in [2.24, 2.45) is 10.9 Å². The van der Waals surface area contributed by atoms with E-state index < -0.39 is 16.1 Å². The number of rotatable bonds is 9. The molecule has 3 aromatic rings. The fourth-order valence-corrected chi connectivity index (χ4v) is 5.03. The number of carbonyl (C=O) groups is 1. The lowest BCUT2D eigenvalue weighted by atomic mass is 10.0. The molecule has 2 N–H and O–H groups in total. The van der Waals surface area contributed by atoms with E-state index in [0.717, 1.165) is 16.7 Å². The minimum Gasteiger partial charge on any atom is -0.372 e. The Morgan fingerprint density at radius 3 is 2.17 bits per heavy atom. The van der Waals surface area contributed by atoms with Gasteiger partial charge in [-0.2, -0.15) is 0 Å². The Morgan fingerprint density at radius 1 is 0.886 bits per heavy atom. The molecule has 0 fully saturated rings. The molecule has 3 aromatic carbocycles. The highest BCUT2D eigenvalue weighted by Gasteiger charge is 2.32. The zero-order valence-corrected chi connectivity index (χ0v) is 20.6. The summed E-state index contributed by atoms with van der Waals surface area (Å²) in [7, 11) is -3.66. The van der Waals surface area contributed by atoms with Crippen molar-refractivity contribution in [1.82, 2.24) is 10.0 Å². The number of aliphatic imine (C=N–C) groups is 1. The third-order valence-electron chi connectivity index (χ3n) is 5.70. The summed E-state index contributed by atoms with van der Waals surface area (Å²) >= 11 is 0. The van der Waals surface area contributed by atoms with Crippen LogP contribution in [-0.2, 0) is 39.3 Å². The molecule has 0 aromatic heterocycles. The number of benzene rings is 3. The first-order valence-electron chi connectivity index (χ1n) is 11.5. The van der Waals surface area contributed by atoms with Crippen molar-refractivity contribution in [3.63, 3.8) is 0 Å². The van der Waals surface area contributed by atoms with E-state index in [1.165, 1.54) is 6.07 Å². The molecule has 0 bridgehead atoms. The van der Waals surface area contributed by atoms with Crippen LogP contribution in [-0.4, -0.2) is 26.2 Å². The largest absolute Gasteiger partial charge is 0.372 e. The highest BCUT2D eigenvalue weighted by molar-refractivity contribution is 7.90. The van der Waals surface area contributed by atoms with Crippen LogP contribution in [0.2, 0.25) is 0 Å². The maximum Gasteiger partial charge on any atom is 0.263 e. The van der Waals surface area contributed by atoms with Crippen LogP contribution in [0.3, 0.4) is 0 Å². The van der Waals surface area contributed by atoms with Gasteiger partial charge >= 0.3 is 0 Å². The predicted octanol–water partition coefficient (Wildman–Crippen LogP) is 3.78. The highest BCUT2D eigenvalue weighted by Crippen LogP contribution is 2.23. The van der Waals surface area contributed by atoms with Gasteiger partial charge in [0.25, 0.3) is 10.0 Å². The van der Waals surface area contributed by atoms with Crippen molar-refractivity contribution in [2.75, 3.05) is 0 Å². The summed E-state index contributed by atoms with van der Waals surface area (Å²) in [5.74, 6) is -0.176. The van der Waals surface area contributed by atoms with Crippen molar-refractivity contribution in [1.29, 1.82) is 0 Å². The van der Waals surface area contributed by atoms with Gasteiger partial charge in [0.2, 0.25) is 5.91 Å². The van der Waals surface area contributed by atoms with Crippen molar-refractivity contribution < 1.29 is 17.9 Å². The lowest BCUT2D eigenvalue weighted by Crippen LogP contribution is -2.38. The molecule has 0 aliphatic carbocycles. The molecule has 7 nitrogen and oxygen atoms in total. The average molecular weight is 492 g/mol. The number of hydrogen-bond donors (Lipinski definition) is 2. The number of sulfonamides is 1. The van der Waals surface area contributed by atoms with Crippen molar-refractivity contribution in [2.45, 2.75) is 44.5 Å². The smallest absolute Gasteiger partial charge is 0.263 e. The summed E-state index contributed by atoms with van der Waals surface area (Å²) < 4.78 is 33.0. The summed E-state index contributed by atoms with van der Waals surface area (Å²) in [5.41, 5.74) is 3.61. The topological polar surface area (TPSA) is 96.9 Å². The van der Waals surface area contributed by atoms with Crippen LogP contribution in [0.4, 0.5) is 0 Å². The van der Waals surface area contributed by atoms with Crippen LogP contribution >= 0.6 is 0 Å². The molecule has 0 saturated carbocycles. The molecular weight excluding hydrogens is 462 g/mol. The van der Waals surface area contributed by atoms with Gasteiger partial charge in [0.15, 0.2) is 0 Å². The second-order valence-corrected chi connectivity index (χ2v) is 10.4. The third kappa shape index (κ3) is 6.15. The molecule has 1 amide bonds. The molecule has 4 rings (SSSR count). The summed E-state index contributed by atoms with van der Waals surface area (Å²) in [6.07, 6.45) is 0. The van der Waals surface area contributed by atoms with Gasteiger partial charge in [0, 0.05) is 12.1 Å². The fraction of sp³-hybridized carbons (Fsp3) is 0.259. The van der Waals surface area contributed by atoms with E-state index in [4.69, 9.17) is 4.74 Å². The van der Waals surface area contributed by atoms with E-state index in [1.54, 1.807) is 18.2 Å². The maximum absolute atomic E-state index is 12.9. The molecule has 0 saturated heterocycles. The normalized spacial score (nSPS) is 16.0. The molecule has 35 heavy (non-hydrogen) atoms. The summed E-state index contributed by atoms with van der Waals surface area (Å²) in [4.78, 5) is 17.6. The Hall–Kier alpha value is -3.49. The highest BCUT2D eigenvalue weighted by atomic mass is 32.2. The van der Waals surface area contributed by atoms with Crippen molar-refractivity contribution in [3.8, 4) is 0 Å². The number of hydrogen-bond acceptors (Lipinski definition) is 5. The van der Waals surface area contributed by atoms with Crippen LogP contribution in [0, 0.1) is 5.92 Å². The van der Waals surface area contributed by atoms with E-state index >= 15 is 0 Å². The zero-order chi connectivity index (χ0) is 24.8. The minimum absolute atomic E-state index is 0.121. The average Bonchev–Trinajstić information content (AvgIpc) is 3.12. The number of nitrogens with one attached hydrogen (secondary N) is 2. The summed E-state index contributed by atoms with van der Waals surface area (Å²) in [6.45, 7) is 5.17. The van der Waals surface area contributed by atoms with Gasteiger partial charge in [-0.1, -0.05) is 80.6 Å². The number of fused-ring (bicyclic) bond motifs is 1. The minimum atomic E-state index is -3.66. The van der Waals surface area contributed by atoms with Gasteiger partial charge in [0.05, 0.1) is 18.1 Å². The molecule has 8 heteroatoms. The van der Waals surface area contributed by atoms with Crippen LogP contribution in [0.5, 0.6) is 0 Å². The van der Waals surface area contributed by atoms with Crippen LogP contribution < -0.4 is 10.0 Å². The quantitative estimate of drug-likeness (QED) is 0.476. The molecule has 1 heterocycles.